The highest BCUT2D eigenvalue weighted by molar-refractivity contribution is 14.0. The summed E-state index contributed by atoms with van der Waals surface area (Å²) in [6, 6.07) is 4.24. The first-order valence-electron chi connectivity index (χ1n) is 11.5. The molecule has 0 radical (unpaired) electrons. The van der Waals surface area contributed by atoms with E-state index in [1.165, 1.54) is 19.3 Å². The van der Waals surface area contributed by atoms with Crippen molar-refractivity contribution in [3.63, 3.8) is 0 Å². The SMILES string of the molecule is CCNC(=NCc1ccnc(-n2ccnc2)c1)NC1CCN(C(=O)C2CCCCC2)C1.I. The summed E-state index contributed by atoms with van der Waals surface area (Å²) in [7, 11) is 0. The van der Waals surface area contributed by atoms with E-state index in [1.807, 2.05) is 22.9 Å². The Bertz CT molecular complexity index is 880. The molecule has 0 spiro atoms. The van der Waals surface area contributed by atoms with Crippen LogP contribution >= 0.6 is 24.0 Å². The van der Waals surface area contributed by atoms with E-state index < -0.39 is 0 Å². The van der Waals surface area contributed by atoms with Gasteiger partial charge in [0.15, 0.2) is 5.96 Å². The topological polar surface area (TPSA) is 87.4 Å². The third kappa shape index (κ3) is 6.43. The highest BCUT2D eigenvalue weighted by atomic mass is 127. The number of aromatic nitrogens is 3. The molecule has 2 aromatic rings. The van der Waals surface area contributed by atoms with Crippen molar-refractivity contribution in [1.82, 2.24) is 30.1 Å². The lowest BCUT2D eigenvalue weighted by Crippen LogP contribution is -2.45. The molecule has 1 atom stereocenters. The molecule has 1 unspecified atom stereocenters. The highest BCUT2D eigenvalue weighted by Crippen LogP contribution is 2.26. The molecule has 2 aliphatic rings. The number of carbonyl (C=O) groups excluding carboxylic acids is 1. The Morgan fingerprint density at radius 1 is 1.22 bits per heavy atom. The van der Waals surface area contributed by atoms with Gasteiger partial charge in [0.2, 0.25) is 5.91 Å². The van der Waals surface area contributed by atoms with Crippen LogP contribution in [0.4, 0.5) is 0 Å². The molecular weight excluding hydrogens is 517 g/mol. The van der Waals surface area contributed by atoms with Crippen molar-refractivity contribution in [1.29, 1.82) is 0 Å². The molecule has 0 bridgehead atoms. The number of pyridine rings is 1. The molecule has 0 aromatic carbocycles. The maximum atomic E-state index is 12.8. The second kappa shape index (κ2) is 12.2. The Morgan fingerprint density at radius 3 is 2.81 bits per heavy atom. The monoisotopic (exact) mass is 551 g/mol. The van der Waals surface area contributed by atoms with Crippen LogP contribution in [0.15, 0.2) is 42.0 Å². The Balaban J connectivity index is 0.00000289. The number of rotatable bonds is 6. The largest absolute Gasteiger partial charge is 0.357 e. The zero-order valence-electron chi connectivity index (χ0n) is 18.7. The molecule has 1 saturated carbocycles. The number of hydrogen-bond donors (Lipinski definition) is 2. The standard InChI is InChI=1S/C23H33N7O.HI/c1-2-25-23(27-15-18-8-10-26-21(14-18)30-13-11-24-17-30)28-20-9-12-29(16-20)22(31)19-6-4-3-5-7-19;/h8,10-11,13-14,17,19-20H,2-7,9,12,15-16H2,1H3,(H2,25,27,28);1H. The van der Waals surface area contributed by atoms with Crippen LogP contribution in [-0.4, -0.2) is 57.0 Å². The minimum Gasteiger partial charge on any atom is -0.357 e. The average Bonchev–Trinajstić information content (AvgIpc) is 3.51. The summed E-state index contributed by atoms with van der Waals surface area (Å²) in [5, 5.41) is 6.87. The van der Waals surface area contributed by atoms with Crippen molar-refractivity contribution >= 4 is 35.8 Å². The molecular formula is C23H34IN7O. The maximum Gasteiger partial charge on any atom is 0.225 e. The third-order valence-electron chi connectivity index (χ3n) is 6.14. The zero-order valence-corrected chi connectivity index (χ0v) is 21.1. The van der Waals surface area contributed by atoms with Gasteiger partial charge in [0.1, 0.15) is 12.1 Å². The lowest BCUT2D eigenvalue weighted by molar-refractivity contribution is -0.135. The molecule has 1 aliphatic heterocycles. The number of guanidine groups is 1. The van der Waals surface area contributed by atoms with E-state index in [-0.39, 0.29) is 35.9 Å². The Labute approximate surface area is 207 Å². The number of aliphatic imine (C=N–C) groups is 1. The molecule has 2 N–H and O–H groups in total. The molecule has 3 heterocycles. The predicted octanol–water partition coefficient (Wildman–Crippen LogP) is 3.12. The van der Waals surface area contributed by atoms with E-state index in [1.54, 1.807) is 18.7 Å². The molecule has 8 nitrogen and oxygen atoms in total. The summed E-state index contributed by atoms with van der Waals surface area (Å²) in [6.45, 7) is 5.01. The number of amides is 1. The van der Waals surface area contributed by atoms with Gasteiger partial charge in [-0.15, -0.1) is 24.0 Å². The van der Waals surface area contributed by atoms with Gasteiger partial charge in [0.05, 0.1) is 6.54 Å². The minimum atomic E-state index is 0. The quantitative estimate of drug-likeness (QED) is 0.328. The van der Waals surface area contributed by atoms with E-state index in [4.69, 9.17) is 4.99 Å². The molecule has 4 rings (SSSR count). The summed E-state index contributed by atoms with van der Waals surface area (Å²) < 4.78 is 1.88. The van der Waals surface area contributed by atoms with Crippen molar-refractivity contribution in [2.75, 3.05) is 19.6 Å². The second-order valence-electron chi connectivity index (χ2n) is 8.44. The van der Waals surface area contributed by atoms with Crippen molar-refractivity contribution < 1.29 is 4.79 Å². The number of nitrogens with zero attached hydrogens (tertiary/aromatic N) is 5. The van der Waals surface area contributed by atoms with E-state index in [9.17, 15) is 4.79 Å². The van der Waals surface area contributed by atoms with Gasteiger partial charge in [0.25, 0.3) is 0 Å². The van der Waals surface area contributed by atoms with Crippen LogP contribution in [0.25, 0.3) is 5.82 Å². The summed E-state index contributed by atoms with van der Waals surface area (Å²) in [6.07, 6.45) is 13.9. The van der Waals surface area contributed by atoms with Crippen molar-refractivity contribution in [3.05, 3.63) is 42.6 Å². The van der Waals surface area contributed by atoms with Crippen LogP contribution < -0.4 is 10.6 Å². The smallest absolute Gasteiger partial charge is 0.225 e. The van der Waals surface area contributed by atoms with Gasteiger partial charge in [-0.1, -0.05) is 19.3 Å². The first-order valence-corrected chi connectivity index (χ1v) is 11.5. The molecule has 1 aliphatic carbocycles. The molecule has 9 heteroatoms. The predicted molar refractivity (Wildman–Crippen MR) is 136 cm³/mol. The van der Waals surface area contributed by atoms with E-state index in [0.717, 1.165) is 56.2 Å². The number of imidazole rings is 1. The first kappa shape index (κ1) is 24.5. The summed E-state index contributed by atoms with van der Waals surface area (Å²) in [4.78, 5) is 28.1. The number of likely N-dealkylation sites (tertiary alicyclic amines) is 1. The van der Waals surface area contributed by atoms with Gasteiger partial charge < -0.3 is 15.5 Å². The zero-order chi connectivity index (χ0) is 21.5. The fraction of sp³-hybridized carbons (Fsp3) is 0.565. The summed E-state index contributed by atoms with van der Waals surface area (Å²) in [5.74, 6) is 2.22. The van der Waals surface area contributed by atoms with Gasteiger partial charge >= 0.3 is 0 Å². The molecule has 1 amide bonds. The number of nitrogens with one attached hydrogen (secondary N) is 2. The Kier molecular flexibility index (Phi) is 9.31. The molecule has 2 aromatic heterocycles. The average molecular weight is 551 g/mol. The minimum absolute atomic E-state index is 0. The van der Waals surface area contributed by atoms with Crippen molar-refractivity contribution in [3.8, 4) is 5.82 Å². The Morgan fingerprint density at radius 2 is 2.06 bits per heavy atom. The fourth-order valence-electron chi connectivity index (χ4n) is 4.46. The van der Waals surface area contributed by atoms with Gasteiger partial charge in [-0.25, -0.2) is 15.0 Å². The van der Waals surface area contributed by atoms with Crippen LogP contribution in [-0.2, 0) is 11.3 Å². The molecule has 174 valence electrons. The van der Waals surface area contributed by atoms with Gasteiger partial charge in [0, 0.05) is 50.2 Å². The maximum absolute atomic E-state index is 12.8. The van der Waals surface area contributed by atoms with E-state index in [0.29, 0.717) is 12.5 Å². The normalized spacial score (nSPS) is 19.5. The van der Waals surface area contributed by atoms with E-state index in [2.05, 4.69) is 32.4 Å². The first-order chi connectivity index (χ1) is 15.2. The molecule has 1 saturated heterocycles. The van der Waals surface area contributed by atoms with Gasteiger partial charge in [-0.05, 0) is 43.9 Å². The van der Waals surface area contributed by atoms with Gasteiger partial charge in [-0.3, -0.25) is 9.36 Å². The fourth-order valence-corrected chi connectivity index (χ4v) is 4.46. The van der Waals surface area contributed by atoms with Crippen molar-refractivity contribution in [2.24, 2.45) is 10.9 Å². The van der Waals surface area contributed by atoms with Crippen molar-refractivity contribution in [2.45, 2.75) is 58.0 Å². The molecule has 2 fully saturated rings. The Hall–Kier alpha value is -2.17. The van der Waals surface area contributed by atoms with Crippen LogP contribution in [0.5, 0.6) is 0 Å². The highest BCUT2D eigenvalue weighted by Gasteiger charge is 2.31. The molecule has 32 heavy (non-hydrogen) atoms. The van der Waals surface area contributed by atoms with Crippen LogP contribution in [0.1, 0.15) is 51.0 Å². The number of halogens is 1. The van der Waals surface area contributed by atoms with E-state index >= 15 is 0 Å². The van der Waals surface area contributed by atoms with Gasteiger partial charge in [-0.2, -0.15) is 0 Å². The van der Waals surface area contributed by atoms with Crippen LogP contribution in [0, 0.1) is 5.92 Å². The lowest BCUT2D eigenvalue weighted by Gasteiger charge is -2.26. The number of carbonyl (C=O) groups is 1. The summed E-state index contributed by atoms with van der Waals surface area (Å²) >= 11 is 0. The third-order valence-corrected chi connectivity index (χ3v) is 6.14. The van der Waals surface area contributed by atoms with Crippen LogP contribution in [0.3, 0.4) is 0 Å². The van der Waals surface area contributed by atoms with Crippen LogP contribution in [0.2, 0.25) is 0 Å². The second-order valence-corrected chi connectivity index (χ2v) is 8.44. The lowest BCUT2D eigenvalue weighted by atomic mass is 9.88. The summed E-state index contributed by atoms with van der Waals surface area (Å²) in [5.41, 5.74) is 1.08. The number of hydrogen-bond acceptors (Lipinski definition) is 4.